The summed E-state index contributed by atoms with van der Waals surface area (Å²) in [5.74, 6) is 1.04. The summed E-state index contributed by atoms with van der Waals surface area (Å²) >= 11 is 1.65. The lowest BCUT2D eigenvalue weighted by atomic mass is 9.80. The summed E-state index contributed by atoms with van der Waals surface area (Å²) < 4.78 is 12.1. The standard InChI is InChI=1S/C21H20N2O3S/c1-21(2)14-11-16(26-4)15(25-3)10-13(14)19(22-23-20(21)24)18-9-12-7-5-6-8-17(12)27-18/h5-11H,1-4H3,(H,23,24). The number of amides is 1. The van der Waals surface area contributed by atoms with Crippen molar-refractivity contribution in [3.8, 4) is 11.5 Å². The molecule has 1 N–H and O–H groups in total. The first kappa shape index (κ1) is 17.5. The lowest BCUT2D eigenvalue weighted by molar-refractivity contribution is -0.125. The van der Waals surface area contributed by atoms with Crippen LogP contribution < -0.4 is 14.9 Å². The van der Waals surface area contributed by atoms with Crippen LogP contribution in [0.4, 0.5) is 0 Å². The van der Waals surface area contributed by atoms with Crippen molar-refractivity contribution in [3.63, 3.8) is 0 Å². The molecule has 0 atom stereocenters. The average molecular weight is 380 g/mol. The maximum atomic E-state index is 12.7. The second kappa shape index (κ2) is 6.39. The molecule has 1 aromatic heterocycles. The van der Waals surface area contributed by atoms with Gasteiger partial charge in [-0.2, -0.15) is 5.10 Å². The highest BCUT2D eigenvalue weighted by Crippen LogP contribution is 2.40. The van der Waals surface area contributed by atoms with E-state index in [0.717, 1.165) is 27.1 Å². The van der Waals surface area contributed by atoms with Crippen LogP contribution in [0.15, 0.2) is 47.6 Å². The number of nitrogens with one attached hydrogen (secondary N) is 1. The Morgan fingerprint density at radius 3 is 2.44 bits per heavy atom. The normalized spacial score (nSPS) is 15.6. The van der Waals surface area contributed by atoms with Crippen molar-refractivity contribution < 1.29 is 14.3 Å². The van der Waals surface area contributed by atoms with Crippen LogP contribution in [0.1, 0.15) is 29.9 Å². The largest absolute Gasteiger partial charge is 0.493 e. The predicted molar refractivity (Wildman–Crippen MR) is 108 cm³/mol. The minimum Gasteiger partial charge on any atom is -0.493 e. The molecule has 4 rings (SSSR count). The summed E-state index contributed by atoms with van der Waals surface area (Å²) in [4.78, 5) is 13.7. The predicted octanol–water partition coefficient (Wildman–Crippen LogP) is 4.08. The Morgan fingerprint density at radius 2 is 1.74 bits per heavy atom. The molecule has 1 amide bonds. The van der Waals surface area contributed by atoms with Gasteiger partial charge in [0.2, 0.25) is 5.91 Å². The number of ether oxygens (including phenoxy) is 2. The van der Waals surface area contributed by atoms with Crippen LogP contribution in [0.3, 0.4) is 0 Å². The number of hydrogen-bond acceptors (Lipinski definition) is 5. The van der Waals surface area contributed by atoms with E-state index in [1.807, 2.05) is 38.1 Å². The van der Waals surface area contributed by atoms with Crippen molar-refractivity contribution >= 4 is 33.0 Å². The zero-order valence-corrected chi connectivity index (χ0v) is 16.4. The molecule has 2 aromatic carbocycles. The first-order valence-corrected chi connectivity index (χ1v) is 9.41. The van der Waals surface area contributed by atoms with Crippen LogP contribution >= 0.6 is 11.3 Å². The first-order valence-electron chi connectivity index (χ1n) is 8.59. The molecule has 0 radical (unpaired) electrons. The average Bonchev–Trinajstić information content (AvgIpc) is 3.07. The lowest BCUT2D eigenvalue weighted by Crippen LogP contribution is -2.36. The van der Waals surface area contributed by atoms with Crippen LogP contribution in [-0.2, 0) is 10.2 Å². The fraction of sp³-hybridized carbons (Fsp3) is 0.238. The molecule has 0 saturated carbocycles. The van der Waals surface area contributed by atoms with E-state index in [4.69, 9.17) is 9.47 Å². The summed E-state index contributed by atoms with van der Waals surface area (Å²) in [7, 11) is 3.20. The van der Waals surface area contributed by atoms with Crippen LogP contribution in [-0.4, -0.2) is 25.8 Å². The Morgan fingerprint density at radius 1 is 1.04 bits per heavy atom. The monoisotopic (exact) mass is 380 g/mol. The summed E-state index contributed by atoms with van der Waals surface area (Å²) in [6, 6.07) is 14.1. The van der Waals surface area contributed by atoms with Gasteiger partial charge in [-0.3, -0.25) is 4.79 Å². The Kier molecular flexibility index (Phi) is 4.15. The maximum absolute atomic E-state index is 12.7. The third-order valence-corrected chi connectivity index (χ3v) is 6.07. The Balaban J connectivity index is 1.99. The topological polar surface area (TPSA) is 59.9 Å². The molecule has 1 aliphatic heterocycles. The number of fused-ring (bicyclic) bond motifs is 2. The second-order valence-corrected chi connectivity index (χ2v) is 8.01. The van der Waals surface area contributed by atoms with Gasteiger partial charge in [-0.1, -0.05) is 18.2 Å². The van der Waals surface area contributed by atoms with Crippen LogP contribution in [0.2, 0.25) is 0 Å². The van der Waals surface area contributed by atoms with Gasteiger partial charge in [0, 0.05) is 10.3 Å². The zero-order chi connectivity index (χ0) is 19.2. The molecule has 27 heavy (non-hydrogen) atoms. The Labute approximate surface area is 161 Å². The lowest BCUT2D eigenvalue weighted by Gasteiger charge is -2.24. The molecular formula is C21H20N2O3S. The van der Waals surface area contributed by atoms with Crippen LogP contribution in [0.25, 0.3) is 10.1 Å². The molecule has 0 unspecified atom stereocenters. The number of benzene rings is 2. The van der Waals surface area contributed by atoms with Gasteiger partial charge in [0.1, 0.15) is 5.71 Å². The highest BCUT2D eigenvalue weighted by Gasteiger charge is 2.37. The molecule has 5 nitrogen and oxygen atoms in total. The summed E-state index contributed by atoms with van der Waals surface area (Å²) in [6.07, 6.45) is 0. The second-order valence-electron chi connectivity index (χ2n) is 6.93. The van der Waals surface area contributed by atoms with Crippen molar-refractivity contribution in [1.82, 2.24) is 5.43 Å². The van der Waals surface area contributed by atoms with Crippen molar-refractivity contribution in [2.45, 2.75) is 19.3 Å². The smallest absolute Gasteiger partial charge is 0.250 e. The number of rotatable bonds is 3. The molecule has 138 valence electrons. The zero-order valence-electron chi connectivity index (χ0n) is 15.6. The van der Waals surface area contributed by atoms with Gasteiger partial charge in [0.15, 0.2) is 11.5 Å². The Bertz CT molecular complexity index is 1050. The molecule has 0 fully saturated rings. The van der Waals surface area contributed by atoms with Gasteiger partial charge in [-0.15, -0.1) is 11.3 Å². The molecule has 6 heteroatoms. The minimum absolute atomic E-state index is 0.160. The summed E-state index contributed by atoms with van der Waals surface area (Å²) in [5, 5.41) is 5.62. The van der Waals surface area contributed by atoms with Crippen molar-refractivity contribution in [3.05, 3.63) is 58.5 Å². The third-order valence-electron chi connectivity index (χ3n) is 4.95. The summed E-state index contributed by atoms with van der Waals surface area (Å²) in [5.41, 5.74) is 4.40. The number of methoxy groups -OCH3 is 2. The van der Waals surface area contributed by atoms with Crippen molar-refractivity contribution in [2.75, 3.05) is 14.2 Å². The SMILES string of the molecule is COc1cc2c(cc1OC)C(C)(C)C(=O)NN=C2c1cc2ccccc2s1. The van der Waals surface area contributed by atoms with Crippen LogP contribution in [0.5, 0.6) is 11.5 Å². The van der Waals surface area contributed by atoms with E-state index < -0.39 is 5.41 Å². The van der Waals surface area contributed by atoms with Crippen molar-refractivity contribution in [2.24, 2.45) is 5.10 Å². The molecule has 2 heterocycles. The molecular weight excluding hydrogens is 360 g/mol. The molecule has 1 aliphatic rings. The van der Waals surface area contributed by atoms with Gasteiger partial charge in [-0.05, 0) is 49.1 Å². The fourth-order valence-electron chi connectivity index (χ4n) is 3.31. The number of nitrogens with zero attached hydrogens (tertiary/aromatic N) is 1. The number of carbonyl (C=O) groups excluding carboxylic acids is 1. The van der Waals surface area contributed by atoms with Gasteiger partial charge in [0.25, 0.3) is 0 Å². The first-order chi connectivity index (χ1) is 13.0. The fourth-order valence-corrected chi connectivity index (χ4v) is 4.37. The van der Waals surface area contributed by atoms with Gasteiger partial charge < -0.3 is 9.47 Å². The molecule has 0 spiro atoms. The number of hydrogen-bond donors (Lipinski definition) is 1. The van der Waals surface area contributed by atoms with E-state index in [2.05, 4.69) is 28.7 Å². The molecule has 0 bridgehead atoms. The molecule has 0 aliphatic carbocycles. The quantitative estimate of drug-likeness (QED) is 0.745. The van der Waals surface area contributed by atoms with Gasteiger partial charge in [-0.25, -0.2) is 5.43 Å². The van der Waals surface area contributed by atoms with Gasteiger partial charge >= 0.3 is 0 Å². The van der Waals surface area contributed by atoms with Crippen molar-refractivity contribution in [1.29, 1.82) is 0 Å². The molecule has 3 aromatic rings. The van der Waals surface area contributed by atoms with E-state index >= 15 is 0 Å². The van der Waals surface area contributed by atoms with E-state index in [1.165, 1.54) is 4.70 Å². The van der Waals surface area contributed by atoms with Crippen LogP contribution in [0, 0.1) is 0 Å². The van der Waals surface area contributed by atoms with E-state index in [9.17, 15) is 4.79 Å². The summed E-state index contributed by atoms with van der Waals surface area (Å²) in [6.45, 7) is 3.77. The van der Waals surface area contributed by atoms with E-state index in [0.29, 0.717) is 11.5 Å². The Hall–Kier alpha value is -2.86. The number of thiophene rings is 1. The van der Waals surface area contributed by atoms with E-state index in [1.54, 1.807) is 25.6 Å². The number of carbonyl (C=O) groups is 1. The third kappa shape index (κ3) is 2.77. The number of hydrazone groups is 1. The highest BCUT2D eigenvalue weighted by atomic mass is 32.1. The van der Waals surface area contributed by atoms with Gasteiger partial charge in [0.05, 0.1) is 24.5 Å². The minimum atomic E-state index is -0.767. The van der Waals surface area contributed by atoms with E-state index in [-0.39, 0.29) is 5.91 Å². The molecule has 0 saturated heterocycles. The highest BCUT2D eigenvalue weighted by molar-refractivity contribution is 7.21. The maximum Gasteiger partial charge on any atom is 0.250 e.